The molecule has 0 bridgehead atoms. The first kappa shape index (κ1) is 19.2. The summed E-state index contributed by atoms with van der Waals surface area (Å²) in [5.74, 6) is -2.38. The van der Waals surface area contributed by atoms with Crippen molar-refractivity contribution in [3.63, 3.8) is 0 Å². The predicted octanol–water partition coefficient (Wildman–Crippen LogP) is 4.01. The summed E-state index contributed by atoms with van der Waals surface area (Å²) >= 11 is -2.25. The summed E-state index contributed by atoms with van der Waals surface area (Å²) in [4.78, 5) is 4.45. The van der Waals surface area contributed by atoms with E-state index >= 15 is 0 Å². The number of halogens is 5. The van der Waals surface area contributed by atoms with Crippen LogP contribution in [0.3, 0.4) is 0 Å². The molecule has 0 N–H and O–H groups in total. The van der Waals surface area contributed by atoms with E-state index in [0.29, 0.717) is 16.9 Å². The van der Waals surface area contributed by atoms with Crippen molar-refractivity contribution in [1.82, 2.24) is 0 Å². The molecular weight excluding hydrogens is 401 g/mol. The van der Waals surface area contributed by atoms with Crippen LogP contribution in [-0.2, 0) is 25.5 Å². The summed E-state index contributed by atoms with van der Waals surface area (Å²) in [5, 5.41) is 0.630. The summed E-state index contributed by atoms with van der Waals surface area (Å²) < 4.78 is 85.4. The van der Waals surface area contributed by atoms with Crippen LogP contribution in [-0.4, -0.2) is 27.1 Å². The van der Waals surface area contributed by atoms with Crippen LogP contribution < -0.4 is 0 Å². The van der Waals surface area contributed by atoms with E-state index in [1.54, 1.807) is 6.92 Å². The maximum Gasteiger partial charge on any atom is 0.508 e. The molecule has 0 aliphatic carbocycles. The van der Waals surface area contributed by atoms with Crippen LogP contribution in [0.25, 0.3) is 0 Å². The Morgan fingerprint density at radius 2 is 2.12 bits per heavy atom. The number of ether oxygens (including phenoxy) is 1. The molecule has 11 heteroatoms. The Kier molecular flexibility index (Phi) is 5.04. The Morgan fingerprint density at radius 3 is 2.77 bits per heavy atom. The van der Waals surface area contributed by atoms with Crippen LogP contribution in [0, 0.1) is 17.6 Å². The Balaban J connectivity index is 1.99. The topological polar surface area (TPSA) is 47.9 Å². The summed E-state index contributed by atoms with van der Waals surface area (Å²) in [6.07, 6.45) is 1.21. The lowest BCUT2D eigenvalue weighted by Gasteiger charge is -2.42. The lowest BCUT2D eigenvalue weighted by atomic mass is 9.78. The van der Waals surface area contributed by atoms with Crippen LogP contribution in [0.5, 0.6) is 0 Å². The average Bonchev–Trinajstić information content (AvgIpc) is 2.54. The number of nitrogens with zero attached hydrogens (tertiary/aromatic N) is 1. The van der Waals surface area contributed by atoms with Crippen LogP contribution in [0.15, 0.2) is 35.2 Å². The quantitative estimate of drug-likeness (QED) is 0.703. The Bertz CT molecular complexity index is 811. The SMILES string of the molecule is CC1=NC2(c3ccc(F)cc3F)COC(OS(=O)C(F)(F)F)=CC2CS1. The molecule has 0 saturated carbocycles. The third-order valence-electron chi connectivity index (χ3n) is 3.96. The lowest BCUT2D eigenvalue weighted by Crippen LogP contribution is -2.45. The molecule has 26 heavy (non-hydrogen) atoms. The van der Waals surface area contributed by atoms with Gasteiger partial charge in [0.05, 0.1) is 5.04 Å². The van der Waals surface area contributed by atoms with Gasteiger partial charge in [-0.1, -0.05) is 6.07 Å². The third kappa shape index (κ3) is 3.59. The largest absolute Gasteiger partial charge is 0.508 e. The van der Waals surface area contributed by atoms with Gasteiger partial charge >= 0.3 is 16.6 Å². The molecule has 4 nitrogen and oxygen atoms in total. The second kappa shape index (κ2) is 6.84. The highest BCUT2D eigenvalue weighted by Gasteiger charge is 2.49. The smallest absolute Gasteiger partial charge is 0.462 e. The van der Waals surface area contributed by atoms with Crippen molar-refractivity contribution < 1.29 is 35.1 Å². The van der Waals surface area contributed by atoms with Crippen LogP contribution in [0.1, 0.15) is 12.5 Å². The first-order chi connectivity index (χ1) is 12.1. The highest BCUT2D eigenvalue weighted by molar-refractivity contribution is 8.13. The minimum atomic E-state index is -5.06. The van der Waals surface area contributed by atoms with Crippen molar-refractivity contribution in [1.29, 1.82) is 0 Å². The highest BCUT2D eigenvalue weighted by Crippen LogP contribution is 2.46. The number of rotatable bonds is 3. The molecule has 0 radical (unpaired) electrons. The van der Waals surface area contributed by atoms with Crippen LogP contribution >= 0.6 is 11.8 Å². The molecule has 142 valence electrons. The first-order valence-corrected chi connectivity index (χ1v) is 9.34. The molecule has 3 unspecified atom stereocenters. The molecule has 3 rings (SSSR count). The predicted molar refractivity (Wildman–Crippen MR) is 86.4 cm³/mol. The van der Waals surface area contributed by atoms with Gasteiger partial charge in [-0.3, -0.25) is 4.99 Å². The van der Waals surface area contributed by atoms with Gasteiger partial charge in [0, 0.05) is 29.4 Å². The van der Waals surface area contributed by atoms with E-state index in [-0.39, 0.29) is 12.2 Å². The fourth-order valence-corrected chi connectivity index (χ4v) is 4.18. The Labute approximate surface area is 152 Å². The number of fused-ring (bicyclic) bond motifs is 1. The van der Waals surface area contributed by atoms with Gasteiger partial charge in [0.2, 0.25) is 0 Å². The maximum atomic E-state index is 14.4. The van der Waals surface area contributed by atoms with E-state index in [1.807, 2.05) is 0 Å². The van der Waals surface area contributed by atoms with Crippen LogP contribution in [0.4, 0.5) is 22.0 Å². The minimum absolute atomic E-state index is 0.0655. The second-order valence-corrected chi connectivity index (χ2v) is 7.95. The van der Waals surface area contributed by atoms with Crippen molar-refractivity contribution in [2.24, 2.45) is 10.9 Å². The lowest BCUT2D eigenvalue weighted by molar-refractivity contribution is -0.0515. The van der Waals surface area contributed by atoms with E-state index in [0.717, 1.165) is 6.07 Å². The fraction of sp³-hybridized carbons (Fsp3) is 0.400. The zero-order valence-corrected chi connectivity index (χ0v) is 14.8. The molecule has 2 aliphatic heterocycles. The van der Waals surface area contributed by atoms with Gasteiger partial charge in [-0.05, 0) is 13.0 Å². The van der Waals surface area contributed by atoms with E-state index in [1.165, 1.54) is 23.9 Å². The molecule has 0 aromatic heterocycles. The molecule has 0 amide bonds. The zero-order chi connectivity index (χ0) is 19.1. The van der Waals surface area contributed by atoms with Crippen molar-refractivity contribution in [3.8, 4) is 0 Å². The van der Waals surface area contributed by atoms with Gasteiger partial charge in [-0.2, -0.15) is 13.2 Å². The maximum absolute atomic E-state index is 14.4. The monoisotopic (exact) mass is 413 g/mol. The van der Waals surface area contributed by atoms with E-state index in [9.17, 15) is 26.2 Å². The summed E-state index contributed by atoms with van der Waals surface area (Å²) in [5.41, 5.74) is -6.26. The van der Waals surface area contributed by atoms with E-state index < -0.39 is 45.6 Å². The third-order valence-corrected chi connectivity index (χ3v) is 5.69. The Hall–Kier alpha value is -1.62. The van der Waals surface area contributed by atoms with E-state index in [2.05, 4.69) is 9.18 Å². The van der Waals surface area contributed by atoms with Gasteiger partial charge < -0.3 is 8.92 Å². The van der Waals surface area contributed by atoms with Crippen LogP contribution in [0.2, 0.25) is 0 Å². The average molecular weight is 413 g/mol. The minimum Gasteiger partial charge on any atom is -0.462 e. The number of benzene rings is 1. The molecule has 0 fully saturated rings. The van der Waals surface area contributed by atoms with Crippen molar-refractivity contribution in [2.75, 3.05) is 12.4 Å². The van der Waals surface area contributed by atoms with Gasteiger partial charge in [0.25, 0.3) is 5.95 Å². The van der Waals surface area contributed by atoms with Crippen molar-refractivity contribution >= 4 is 27.9 Å². The summed E-state index contributed by atoms with van der Waals surface area (Å²) in [7, 11) is 0. The number of alkyl halides is 3. The number of hydrogen-bond acceptors (Lipinski definition) is 5. The number of hydrogen-bond donors (Lipinski definition) is 0. The highest BCUT2D eigenvalue weighted by atomic mass is 32.2. The first-order valence-electron chi connectivity index (χ1n) is 7.28. The summed E-state index contributed by atoms with van der Waals surface area (Å²) in [6, 6.07) is 3.02. The molecule has 3 atom stereocenters. The molecule has 0 spiro atoms. The van der Waals surface area contributed by atoms with Crippen molar-refractivity contribution in [2.45, 2.75) is 18.0 Å². The van der Waals surface area contributed by atoms with Gasteiger partial charge in [-0.15, -0.1) is 11.8 Å². The second-order valence-electron chi connectivity index (χ2n) is 5.63. The molecule has 2 aliphatic rings. The normalized spacial score (nSPS) is 26.9. The number of aliphatic imine (C=N–C) groups is 1. The fourth-order valence-electron chi connectivity index (χ4n) is 2.82. The number of thioether (sulfide) groups is 1. The van der Waals surface area contributed by atoms with Gasteiger partial charge in [-0.25, -0.2) is 13.0 Å². The Morgan fingerprint density at radius 1 is 1.38 bits per heavy atom. The van der Waals surface area contributed by atoms with E-state index in [4.69, 9.17) is 4.74 Å². The zero-order valence-electron chi connectivity index (χ0n) is 13.2. The van der Waals surface area contributed by atoms with Gasteiger partial charge in [0.1, 0.15) is 23.8 Å². The summed E-state index contributed by atoms with van der Waals surface area (Å²) in [6.45, 7) is 1.37. The van der Waals surface area contributed by atoms with Gasteiger partial charge in [0.15, 0.2) is 0 Å². The molecule has 0 saturated heterocycles. The van der Waals surface area contributed by atoms with Crippen molar-refractivity contribution in [3.05, 3.63) is 47.4 Å². The standard InChI is InChI=1S/C15H12F5NO3S2/c1-8-21-14(11-3-2-10(16)5-12(11)17)7-23-13(4-9(14)6-25-8)24-26(22)15(18,19)20/h2-5,9H,6-7H2,1H3. The molecule has 1 aromatic rings. The molecule has 1 aromatic carbocycles. The molecule has 2 heterocycles. The molecular formula is C15H12F5NO3S2.